The summed E-state index contributed by atoms with van der Waals surface area (Å²) in [6.07, 6.45) is 6.74. The maximum absolute atomic E-state index is 9.15. The van der Waals surface area contributed by atoms with E-state index in [2.05, 4.69) is 34.8 Å². The fraction of sp³-hybridized carbons (Fsp3) is 0.733. The van der Waals surface area contributed by atoms with Crippen LogP contribution in [0.5, 0.6) is 0 Å². The minimum absolute atomic E-state index is 0.0407. The molecule has 1 unspecified atom stereocenters. The maximum Gasteiger partial charge on any atom is 0.106 e. The molecule has 0 spiro atoms. The van der Waals surface area contributed by atoms with E-state index in [9.17, 15) is 0 Å². The first-order chi connectivity index (χ1) is 9.26. The molecule has 4 nitrogen and oxygen atoms in total. The molecule has 1 heterocycles. The van der Waals surface area contributed by atoms with Crippen molar-refractivity contribution in [2.45, 2.75) is 65.0 Å². The zero-order chi connectivity index (χ0) is 13.7. The molecule has 0 saturated heterocycles. The van der Waals surface area contributed by atoms with Crippen molar-refractivity contribution in [2.75, 3.05) is 6.54 Å². The smallest absolute Gasteiger partial charge is 0.106 e. The predicted molar refractivity (Wildman–Crippen MR) is 75.9 cm³/mol. The van der Waals surface area contributed by atoms with Crippen molar-refractivity contribution in [3.8, 4) is 6.07 Å². The van der Waals surface area contributed by atoms with Gasteiger partial charge in [0, 0.05) is 12.2 Å². The molecule has 1 aromatic heterocycles. The van der Waals surface area contributed by atoms with E-state index in [1.807, 2.05) is 0 Å². The van der Waals surface area contributed by atoms with Crippen LogP contribution in [0.2, 0.25) is 0 Å². The second kappa shape index (κ2) is 6.72. The standard InChI is InChI=1S/C15H24N4/c1-3-9-17-13(11-16)8-10-19-12(2)18-14-6-4-5-7-15(14)19/h13,17H,3-10H2,1-2H3. The molecule has 1 aliphatic rings. The van der Waals surface area contributed by atoms with Crippen LogP contribution in [0.1, 0.15) is 49.8 Å². The number of imidazole rings is 1. The van der Waals surface area contributed by atoms with Crippen LogP contribution < -0.4 is 5.32 Å². The van der Waals surface area contributed by atoms with Gasteiger partial charge >= 0.3 is 0 Å². The van der Waals surface area contributed by atoms with E-state index in [1.165, 1.54) is 24.2 Å². The van der Waals surface area contributed by atoms with E-state index in [4.69, 9.17) is 5.26 Å². The van der Waals surface area contributed by atoms with Crippen LogP contribution in [-0.2, 0) is 19.4 Å². The molecule has 0 bridgehead atoms. The fourth-order valence-electron chi connectivity index (χ4n) is 2.82. The lowest BCUT2D eigenvalue weighted by molar-refractivity contribution is 0.498. The molecule has 19 heavy (non-hydrogen) atoms. The summed E-state index contributed by atoms with van der Waals surface area (Å²) in [5, 5.41) is 12.4. The number of fused-ring (bicyclic) bond motifs is 1. The first-order valence-corrected chi connectivity index (χ1v) is 7.44. The molecule has 0 aliphatic heterocycles. The second-order valence-electron chi connectivity index (χ2n) is 5.34. The number of rotatable bonds is 6. The third-order valence-corrected chi connectivity index (χ3v) is 3.86. The van der Waals surface area contributed by atoms with Crippen LogP contribution in [0.4, 0.5) is 0 Å². The Morgan fingerprint density at radius 2 is 2.21 bits per heavy atom. The lowest BCUT2D eigenvalue weighted by Gasteiger charge is -2.16. The zero-order valence-electron chi connectivity index (χ0n) is 12.1. The number of hydrogen-bond donors (Lipinski definition) is 1. The zero-order valence-corrected chi connectivity index (χ0v) is 12.1. The van der Waals surface area contributed by atoms with Crippen molar-refractivity contribution in [2.24, 2.45) is 0 Å². The lowest BCUT2D eigenvalue weighted by atomic mass is 10.0. The number of nitrogens with one attached hydrogen (secondary N) is 1. The third kappa shape index (κ3) is 3.36. The highest BCUT2D eigenvalue weighted by Gasteiger charge is 2.18. The predicted octanol–water partition coefficient (Wildman–Crippen LogP) is 2.35. The summed E-state index contributed by atoms with van der Waals surface area (Å²) in [5.41, 5.74) is 2.70. The quantitative estimate of drug-likeness (QED) is 0.854. The molecule has 1 aliphatic carbocycles. The summed E-state index contributed by atoms with van der Waals surface area (Å²) in [7, 11) is 0. The Kier molecular flexibility index (Phi) is 4.98. The molecule has 0 amide bonds. The van der Waals surface area contributed by atoms with Gasteiger partial charge in [0.2, 0.25) is 0 Å². The van der Waals surface area contributed by atoms with E-state index < -0.39 is 0 Å². The largest absolute Gasteiger partial charge is 0.332 e. The summed E-state index contributed by atoms with van der Waals surface area (Å²) >= 11 is 0. The van der Waals surface area contributed by atoms with Crippen LogP contribution in [0.15, 0.2) is 0 Å². The Bertz CT molecular complexity index is 455. The number of aromatic nitrogens is 2. The lowest BCUT2D eigenvalue weighted by Crippen LogP contribution is -2.29. The molecular formula is C15H24N4. The average Bonchev–Trinajstić information content (AvgIpc) is 2.75. The summed E-state index contributed by atoms with van der Waals surface area (Å²) in [6, 6.07) is 2.31. The first-order valence-electron chi connectivity index (χ1n) is 7.44. The fourth-order valence-corrected chi connectivity index (χ4v) is 2.82. The molecule has 2 rings (SSSR count). The van der Waals surface area contributed by atoms with Crippen molar-refractivity contribution in [3.05, 3.63) is 17.2 Å². The SMILES string of the molecule is CCCNC(C#N)CCn1c(C)nc2c1CCCC2. The molecule has 4 heteroatoms. The van der Waals surface area contributed by atoms with Gasteiger partial charge in [-0.25, -0.2) is 4.98 Å². The van der Waals surface area contributed by atoms with Gasteiger partial charge in [0.1, 0.15) is 5.82 Å². The highest BCUT2D eigenvalue weighted by atomic mass is 15.1. The van der Waals surface area contributed by atoms with Gasteiger partial charge in [-0.3, -0.25) is 0 Å². The Hall–Kier alpha value is -1.34. The topological polar surface area (TPSA) is 53.6 Å². The Morgan fingerprint density at radius 3 is 2.95 bits per heavy atom. The molecule has 1 aromatic rings. The summed E-state index contributed by atoms with van der Waals surface area (Å²) < 4.78 is 2.33. The molecule has 0 aromatic carbocycles. The van der Waals surface area contributed by atoms with Crippen molar-refractivity contribution in [3.63, 3.8) is 0 Å². The average molecular weight is 260 g/mol. The summed E-state index contributed by atoms with van der Waals surface area (Å²) in [5.74, 6) is 1.11. The van der Waals surface area contributed by atoms with E-state index in [0.29, 0.717) is 0 Å². The van der Waals surface area contributed by atoms with Gasteiger partial charge in [-0.15, -0.1) is 0 Å². The molecule has 1 N–H and O–H groups in total. The van der Waals surface area contributed by atoms with Crippen LogP contribution in [0.25, 0.3) is 0 Å². The van der Waals surface area contributed by atoms with Gasteiger partial charge in [0.15, 0.2) is 0 Å². The number of nitriles is 1. The van der Waals surface area contributed by atoms with Crippen molar-refractivity contribution in [1.29, 1.82) is 5.26 Å². The van der Waals surface area contributed by atoms with Crippen molar-refractivity contribution < 1.29 is 0 Å². The Labute approximate surface area is 115 Å². The highest BCUT2D eigenvalue weighted by molar-refractivity contribution is 5.19. The number of aryl methyl sites for hydroxylation is 2. The number of hydrogen-bond acceptors (Lipinski definition) is 3. The van der Waals surface area contributed by atoms with Crippen molar-refractivity contribution in [1.82, 2.24) is 14.9 Å². The summed E-state index contributed by atoms with van der Waals surface area (Å²) in [6.45, 7) is 6.03. The first kappa shape index (κ1) is 14.1. The van der Waals surface area contributed by atoms with Crippen LogP contribution in [0.3, 0.4) is 0 Å². The summed E-state index contributed by atoms with van der Waals surface area (Å²) in [4.78, 5) is 4.68. The Balaban J connectivity index is 1.99. The second-order valence-corrected chi connectivity index (χ2v) is 5.34. The maximum atomic E-state index is 9.15. The van der Waals surface area contributed by atoms with Gasteiger partial charge in [-0.2, -0.15) is 5.26 Å². The van der Waals surface area contributed by atoms with Crippen molar-refractivity contribution >= 4 is 0 Å². The minimum atomic E-state index is -0.0407. The van der Waals surface area contributed by atoms with Gasteiger partial charge in [0.05, 0.1) is 17.8 Å². The van der Waals surface area contributed by atoms with E-state index in [0.717, 1.165) is 44.6 Å². The van der Waals surface area contributed by atoms with Gasteiger partial charge < -0.3 is 9.88 Å². The third-order valence-electron chi connectivity index (χ3n) is 3.86. The molecule has 0 fully saturated rings. The number of nitrogens with zero attached hydrogens (tertiary/aromatic N) is 3. The molecule has 104 valence electrons. The van der Waals surface area contributed by atoms with Crippen LogP contribution in [0, 0.1) is 18.3 Å². The van der Waals surface area contributed by atoms with Crippen LogP contribution >= 0.6 is 0 Å². The molecule has 0 radical (unpaired) electrons. The van der Waals surface area contributed by atoms with E-state index in [-0.39, 0.29) is 6.04 Å². The van der Waals surface area contributed by atoms with E-state index >= 15 is 0 Å². The van der Waals surface area contributed by atoms with E-state index in [1.54, 1.807) is 0 Å². The molecule has 1 atom stereocenters. The molecular weight excluding hydrogens is 236 g/mol. The molecule has 0 saturated carbocycles. The van der Waals surface area contributed by atoms with Gasteiger partial charge in [-0.05, 0) is 52.0 Å². The monoisotopic (exact) mass is 260 g/mol. The van der Waals surface area contributed by atoms with Gasteiger partial charge in [-0.1, -0.05) is 6.92 Å². The minimum Gasteiger partial charge on any atom is -0.332 e. The normalized spacial score (nSPS) is 15.8. The highest BCUT2D eigenvalue weighted by Crippen LogP contribution is 2.22. The Morgan fingerprint density at radius 1 is 1.42 bits per heavy atom. The van der Waals surface area contributed by atoms with Gasteiger partial charge in [0.25, 0.3) is 0 Å². The van der Waals surface area contributed by atoms with Crippen LogP contribution in [-0.4, -0.2) is 22.1 Å².